The number of amides is 1. The molecule has 3 aliphatic rings. The zero-order valence-corrected chi connectivity index (χ0v) is 25.1. The summed E-state index contributed by atoms with van der Waals surface area (Å²) in [7, 11) is 1.30. The van der Waals surface area contributed by atoms with Crippen LogP contribution in [0, 0.1) is 0 Å². The van der Waals surface area contributed by atoms with Gasteiger partial charge < -0.3 is 50.8 Å². The maximum Gasteiger partial charge on any atom is 0.305 e. The number of carbonyl (C=O) groups is 5. The van der Waals surface area contributed by atoms with Crippen LogP contribution in [-0.4, -0.2) is 98.1 Å². The number of phenolic OH excluding ortho intramolecular Hbond substituents is 2. The minimum Gasteiger partial charge on any atom is -0.507 e. The molecule has 0 aromatic heterocycles. The van der Waals surface area contributed by atoms with Crippen molar-refractivity contribution >= 4 is 29.2 Å². The van der Waals surface area contributed by atoms with Crippen LogP contribution in [0.4, 0.5) is 0 Å². The van der Waals surface area contributed by atoms with Gasteiger partial charge in [-0.15, -0.1) is 0 Å². The summed E-state index contributed by atoms with van der Waals surface area (Å²) >= 11 is 0. The van der Waals surface area contributed by atoms with E-state index in [1.165, 1.54) is 32.2 Å². The first-order valence-electron chi connectivity index (χ1n) is 14.5. The maximum atomic E-state index is 13.8. The van der Waals surface area contributed by atoms with Crippen molar-refractivity contribution in [1.29, 1.82) is 0 Å². The summed E-state index contributed by atoms with van der Waals surface area (Å²) in [6, 6.07) is 1.87. The Morgan fingerprint density at radius 3 is 2.43 bits per heavy atom. The number of fused-ring (bicyclic) bond motifs is 3. The minimum absolute atomic E-state index is 0.0659. The fraction of sp³-hybridized carbons (Fsp3) is 0.452. The number of aliphatic carboxylic acids is 1. The number of carbonyl (C=O) groups excluding carboxylic acids is 4. The number of aliphatic hydroxyl groups excluding tert-OH is 1. The first-order chi connectivity index (χ1) is 21.6. The minimum atomic E-state index is -2.13. The third-order valence-electron chi connectivity index (χ3n) is 8.81. The molecule has 46 heavy (non-hydrogen) atoms. The Kier molecular flexibility index (Phi) is 8.65. The average molecular weight is 643 g/mol. The quantitative estimate of drug-likeness (QED) is 0.160. The van der Waals surface area contributed by atoms with E-state index in [0.29, 0.717) is 0 Å². The van der Waals surface area contributed by atoms with Gasteiger partial charge in [0, 0.05) is 36.0 Å². The summed E-state index contributed by atoms with van der Waals surface area (Å²) in [5.41, 5.74) is 1.98. The van der Waals surface area contributed by atoms with Crippen LogP contribution >= 0.6 is 0 Å². The summed E-state index contributed by atoms with van der Waals surface area (Å²) in [5, 5.41) is 56.6. The number of aromatic hydroxyl groups is 2. The van der Waals surface area contributed by atoms with Gasteiger partial charge in [0.05, 0.1) is 54.5 Å². The van der Waals surface area contributed by atoms with Gasteiger partial charge in [-0.05, 0) is 19.9 Å². The molecule has 4 unspecified atom stereocenters. The Balaban J connectivity index is 1.55. The fourth-order valence-electron chi connectivity index (χ4n) is 6.34. The Labute approximate surface area is 261 Å². The van der Waals surface area contributed by atoms with Crippen molar-refractivity contribution in [1.82, 2.24) is 5.32 Å². The van der Waals surface area contributed by atoms with E-state index in [4.69, 9.17) is 25.1 Å². The number of phenols is 2. The lowest BCUT2D eigenvalue weighted by molar-refractivity contribution is -0.249. The summed E-state index contributed by atoms with van der Waals surface area (Å²) in [6.45, 7) is 2.60. The molecule has 1 heterocycles. The Bertz CT molecular complexity index is 1660. The molecule has 0 spiro atoms. The molecule has 2 aromatic carbocycles. The zero-order chi connectivity index (χ0) is 33.8. The molecule has 1 amide bonds. The molecule has 1 aliphatic heterocycles. The van der Waals surface area contributed by atoms with Gasteiger partial charge >= 0.3 is 5.97 Å². The molecular formula is C31H34N2O13. The van der Waals surface area contributed by atoms with Crippen LogP contribution in [-0.2, 0) is 30.3 Å². The van der Waals surface area contributed by atoms with Gasteiger partial charge in [0.15, 0.2) is 17.9 Å². The number of rotatable bonds is 8. The van der Waals surface area contributed by atoms with Gasteiger partial charge in [0.25, 0.3) is 0 Å². The molecule has 0 radical (unpaired) electrons. The van der Waals surface area contributed by atoms with Gasteiger partial charge in [-0.3, -0.25) is 24.0 Å². The van der Waals surface area contributed by atoms with Crippen LogP contribution in [0.1, 0.15) is 82.2 Å². The molecule has 2 aliphatic carbocycles. The first-order valence-corrected chi connectivity index (χ1v) is 14.5. The molecular weight excluding hydrogens is 608 g/mol. The van der Waals surface area contributed by atoms with E-state index in [-0.39, 0.29) is 34.4 Å². The number of methoxy groups -OCH3 is 1. The van der Waals surface area contributed by atoms with Crippen molar-refractivity contribution < 1.29 is 63.7 Å². The number of carboxylic acid groups (broad SMARTS) is 1. The van der Waals surface area contributed by atoms with Gasteiger partial charge in [-0.1, -0.05) is 12.1 Å². The number of ether oxygens (including phenoxy) is 3. The molecule has 2 aromatic rings. The van der Waals surface area contributed by atoms with Crippen LogP contribution in [0.3, 0.4) is 0 Å². The van der Waals surface area contributed by atoms with Crippen LogP contribution in [0.15, 0.2) is 18.2 Å². The number of Topliss-reactive ketones (excluding diaryl/α,β-unsaturated/α-hetero) is 1. The van der Waals surface area contributed by atoms with Crippen molar-refractivity contribution in [2.24, 2.45) is 5.73 Å². The number of nitrogens with one attached hydrogen (secondary N) is 1. The normalized spacial score (nSPS) is 27.6. The van der Waals surface area contributed by atoms with E-state index < -0.39 is 113 Å². The van der Waals surface area contributed by atoms with E-state index in [1.807, 2.05) is 0 Å². The van der Waals surface area contributed by atoms with Crippen LogP contribution in [0.25, 0.3) is 0 Å². The van der Waals surface area contributed by atoms with Gasteiger partial charge in [-0.2, -0.15) is 0 Å². The predicted molar refractivity (Wildman–Crippen MR) is 155 cm³/mol. The highest BCUT2D eigenvalue weighted by atomic mass is 16.7. The lowest BCUT2D eigenvalue weighted by Gasteiger charge is -2.43. The largest absolute Gasteiger partial charge is 0.507 e. The van der Waals surface area contributed by atoms with E-state index in [9.17, 15) is 44.4 Å². The molecule has 7 atom stereocenters. The number of hydrogen-bond donors (Lipinski definition) is 7. The molecule has 15 heteroatoms. The van der Waals surface area contributed by atoms with Crippen LogP contribution in [0.2, 0.25) is 0 Å². The number of ketones is 3. The number of carboxylic acids is 1. The van der Waals surface area contributed by atoms with Crippen molar-refractivity contribution in [3.05, 3.63) is 51.6 Å². The Morgan fingerprint density at radius 2 is 1.80 bits per heavy atom. The second-order valence-corrected chi connectivity index (χ2v) is 11.8. The number of benzene rings is 2. The zero-order valence-electron chi connectivity index (χ0n) is 25.1. The fourth-order valence-corrected chi connectivity index (χ4v) is 6.34. The molecule has 5 rings (SSSR count). The van der Waals surface area contributed by atoms with Gasteiger partial charge in [0.1, 0.15) is 29.0 Å². The summed E-state index contributed by atoms with van der Waals surface area (Å²) in [4.78, 5) is 63.6. The van der Waals surface area contributed by atoms with Crippen LogP contribution < -0.4 is 15.8 Å². The van der Waals surface area contributed by atoms with E-state index in [1.54, 1.807) is 0 Å². The Hall–Kier alpha value is -4.41. The second kappa shape index (κ2) is 12.1. The molecule has 15 nitrogen and oxygen atoms in total. The van der Waals surface area contributed by atoms with Crippen LogP contribution in [0.5, 0.6) is 17.2 Å². The number of nitrogens with two attached hydrogens (primary N) is 1. The topological polar surface area (TPSA) is 252 Å². The van der Waals surface area contributed by atoms with Crippen molar-refractivity contribution in [2.75, 3.05) is 7.11 Å². The lowest BCUT2D eigenvalue weighted by Crippen LogP contribution is -2.58. The molecule has 0 bridgehead atoms. The second-order valence-electron chi connectivity index (χ2n) is 11.8. The maximum absolute atomic E-state index is 13.8. The van der Waals surface area contributed by atoms with E-state index in [2.05, 4.69) is 5.32 Å². The molecule has 246 valence electrons. The molecule has 8 N–H and O–H groups in total. The van der Waals surface area contributed by atoms with E-state index in [0.717, 1.165) is 6.92 Å². The van der Waals surface area contributed by atoms with Crippen molar-refractivity contribution in [3.63, 3.8) is 0 Å². The van der Waals surface area contributed by atoms with Crippen molar-refractivity contribution in [2.45, 2.75) is 81.8 Å². The lowest BCUT2D eigenvalue weighted by atomic mass is 9.72. The SMILES string of the molecule is COc1cccc2c1C(=O)c1c(O)c3c(c(O)c1C2=O)C[C@@](O)(C(C)=O)C[C@@H]3OC1CC(NC(=O)[C@@H](N)CC(=O)O)C(O)C(C)O1. The third-order valence-corrected chi connectivity index (χ3v) is 8.81. The highest BCUT2D eigenvalue weighted by Gasteiger charge is 2.49. The van der Waals surface area contributed by atoms with Gasteiger partial charge in [0.2, 0.25) is 11.7 Å². The molecule has 0 saturated carbocycles. The highest BCUT2D eigenvalue weighted by Crippen LogP contribution is 2.52. The van der Waals surface area contributed by atoms with E-state index >= 15 is 0 Å². The standard InChI is InChI=1S/C31H34N2O13/c1-11-25(37)16(33-30(42)15(32)7-19(35)36)8-20(45-11)46-18-10-31(43,12(2)34)9-14-22(18)29(41)24-23(27(14)39)26(38)13-5-4-6-17(44-3)21(13)28(24)40/h4-6,11,15-16,18,20,25,37,39,41,43H,7-10,32H2,1-3H3,(H,33,42)(H,35,36)/t11?,15-,16?,18-,20?,25?,31-/m0/s1. The first kappa shape index (κ1) is 33.0. The number of hydrogen-bond acceptors (Lipinski definition) is 13. The van der Waals surface area contributed by atoms with Crippen molar-refractivity contribution in [3.8, 4) is 17.2 Å². The average Bonchev–Trinajstić information content (AvgIpc) is 2.99. The summed E-state index contributed by atoms with van der Waals surface area (Å²) in [5.74, 6) is -5.80. The highest BCUT2D eigenvalue weighted by molar-refractivity contribution is 6.31. The summed E-state index contributed by atoms with van der Waals surface area (Å²) in [6.07, 6.45) is -6.75. The molecule has 1 fully saturated rings. The smallest absolute Gasteiger partial charge is 0.305 e. The number of aliphatic hydroxyl groups is 2. The third kappa shape index (κ3) is 5.49. The molecule has 1 saturated heterocycles. The predicted octanol–water partition coefficient (Wildman–Crippen LogP) is -0.0116. The monoisotopic (exact) mass is 642 g/mol. The van der Waals surface area contributed by atoms with Gasteiger partial charge in [-0.25, -0.2) is 0 Å². The summed E-state index contributed by atoms with van der Waals surface area (Å²) < 4.78 is 17.2. The Morgan fingerprint density at radius 1 is 1.13 bits per heavy atom.